The predicted octanol–water partition coefficient (Wildman–Crippen LogP) is 1.45. The molecule has 19 heavy (non-hydrogen) atoms. The number of phenols is 1. The Morgan fingerprint density at radius 3 is 2.16 bits per heavy atom. The lowest BCUT2D eigenvalue weighted by molar-refractivity contribution is 0.302. The van der Waals surface area contributed by atoms with Crippen molar-refractivity contribution >= 4 is 0 Å². The zero-order valence-electron chi connectivity index (χ0n) is 12.4. The molecule has 0 aliphatic heterocycles. The van der Waals surface area contributed by atoms with Crippen LogP contribution in [0, 0.1) is 0 Å². The number of nitrogens with zero attached hydrogens (tertiary/aromatic N) is 1. The van der Waals surface area contributed by atoms with Crippen molar-refractivity contribution in [2.24, 2.45) is 0 Å². The number of phenolic OH excluding ortho intramolecular Hbond substituents is 1. The Kier molecular flexibility index (Phi) is 5.92. The van der Waals surface area contributed by atoms with Crippen molar-refractivity contribution in [3.8, 4) is 17.2 Å². The molecule has 0 aliphatic carbocycles. The topological polar surface area (TPSA) is 54.0 Å². The van der Waals surface area contributed by atoms with E-state index < -0.39 is 0 Å². The van der Waals surface area contributed by atoms with Crippen LogP contribution in [0.4, 0.5) is 0 Å². The number of aromatic hydroxyl groups is 1. The van der Waals surface area contributed by atoms with E-state index in [1.807, 2.05) is 12.1 Å². The van der Waals surface area contributed by atoms with Crippen LogP contribution in [0.1, 0.15) is 12.5 Å². The summed E-state index contributed by atoms with van der Waals surface area (Å²) in [6.45, 7) is 3.74. The summed E-state index contributed by atoms with van der Waals surface area (Å²) < 4.78 is 10.3. The molecule has 0 saturated carbocycles. The first-order chi connectivity index (χ1) is 8.99. The van der Waals surface area contributed by atoms with Crippen LogP contribution in [0.15, 0.2) is 12.1 Å². The molecule has 5 nitrogen and oxygen atoms in total. The van der Waals surface area contributed by atoms with Gasteiger partial charge in [0.05, 0.1) is 14.2 Å². The smallest absolute Gasteiger partial charge is 0.200 e. The van der Waals surface area contributed by atoms with Crippen molar-refractivity contribution in [1.29, 1.82) is 0 Å². The Bertz CT molecular complexity index is 383. The Labute approximate surface area is 115 Å². The second-order valence-electron chi connectivity index (χ2n) is 4.79. The van der Waals surface area contributed by atoms with E-state index in [-0.39, 0.29) is 5.75 Å². The van der Waals surface area contributed by atoms with Gasteiger partial charge >= 0.3 is 0 Å². The first kappa shape index (κ1) is 15.6. The van der Waals surface area contributed by atoms with E-state index in [0.717, 1.165) is 12.1 Å². The number of rotatable bonds is 7. The van der Waals surface area contributed by atoms with Gasteiger partial charge in [-0.05, 0) is 38.7 Å². The van der Waals surface area contributed by atoms with Gasteiger partial charge in [-0.2, -0.15) is 0 Å². The maximum Gasteiger partial charge on any atom is 0.200 e. The predicted molar refractivity (Wildman–Crippen MR) is 76.1 cm³/mol. The lowest BCUT2D eigenvalue weighted by Crippen LogP contribution is -2.35. The van der Waals surface area contributed by atoms with Crippen molar-refractivity contribution in [2.45, 2.75) is 19.5 Å². The largest absolute Gasteiger partial charge is 0.502 e. The number of likely N-dealkylation sites (N-methyl/N-ethyl adjacent to an activating group) is 1. The second-order valence-corrected chi connectivity index (χ2v) is 4.79. The van der Waals surface area contributed by atoms with Gasteiger partial charge in [0.15, 0.2) is 11.5 Å². The number of benzene rings is 1. The van der Waals surface area contributed by atoms with Crippen LogP contribution in [0.2, 0.25) is 0 Å². The first-order valence-corrected chi connectivity index (χ1v) is 6.30. The average molecular weight is 268 g/mol. The molecule has 1 aromatic carbocycles. The molecular weight excluding hydrogens is 244 g/mol. The normalized spacial score (nSPS) is 12.5. The molecule has 1 atom stereocenters. The van der Waals surface area contributed by atoms with Crippen LogP contribution in [0.25, 0.3) is 0 Å². The van der Waals surface area contributed by atoms with Gasteiger partial charge in [-0.15, -0.1) is 0 Å². The Hall–Kier alpha value is -1.46. The zero-order chi connectivity index (χ0) is 14.4. The molecule has 0 saturated heterocycles. The fourth-order valence-corrected chi connectivity index (χ4v) is 1.66. The highest BCUT2D eigenvalue weighted by Crippen LogP contribution is 2.36. The quantitative estimate of drug-likeness (QED) is 0.784. The molecule has 0 radical (unpaired) electrons. The summed E-state index contributed by atoms with van der Waals surface area (Å²) in [6.07, 6.45) is 0. The van der Waals surface area contributed by atoms with Gasteiger partial charge in [0.2, 0.25) is 5.75 Å². The van der Waals surface area contributed by atoms with E-state index in [0.29, 0.717) is 24.1 Å². The maximum absolute atomic E-state index is 9.82. The number of methoxy groups -OCH3 is 2. The van der Waals surface area contributed by atoms with Crippen LogP contribution < -0.4 is 14.8 Å². The summed E-state index contributed by atoms with van der Waals surface area (Å²) in [5.74, 6) is 0.893. The molecule has 0 bridgehead atoms. The van der Waals surface area contributed by atoms with Crippen molar-refractivity contribution in [1.82, 2.24) is 10.2 Å². The summed E-state index contributed by atoms with van der Waals surface area (Å²) in [5, 5.41) is 13.2. The SMILES string of the molecule is COc1cc(CNCC(C)N(C)C)cc(OC)c1O. The second kappa shape index (κ2) is 7.21. The summed E-state index contributed by atoms with van der Waals surface area (Å²) in [5.41, 5.74) is 1.01. The van der Waals surface area contributed by atoms with E-state index in [4.69, 9.17) is 9.47 Å². The van der Waals surface area contributed by atoms with Crippen molar-refractivity contribution in [2.75, 3.05) is 34.9 Å². The van der Waals surface area contributed by atoms with Crippen molar-refractivity contribution in [3.05, 3.63) is 17.7 Å². The third-order valence-electron chi connectivity index (χ3n) is 3.19. The molecule has 2 N–H and O–H groups in total. The van der Waals surface area contributed by atoms with E-state index in [1.165, 1.54) is 14.2 Å². The van der Waals surface area contributed by atoms with Crippen LogP contribution in [-0.4, -0.2) is 50.9 Å². The molecule has 0 aliphatic rings. The number of ether oxygens (including phenoxy) is 2. The zero-order valence-corrected chi connectivity index (χ0v) is 12.4. The summed E-state index contributed by atoms with van der Waals surface area (Å²) in [4.78, 5) is 2.16. The molecule has 1 rings (SSSR count). The van der Waals surface area contributed by atoms with E-state index >= 15 is 0 Å². The third-order valence-corrected chi connectivity index (χ3v) is 3.19. The van der Waals surface area contributed by atoms with Gasteiger partial charge < -0.3 is 24.8 Å². The highest BCUT2D eigenvalue weighted by Gasteiger charge is 2.11. The van der Waals surface area contributed by atoms with Crippen molar-refractivity contribution < 1.29 is 14.6 Å². The molecular formula is C14H24N2O3. The molecule has 108 valence electrons. The lowest BCUT2D eigenvalue weighted by atomic mass is 10.1. The minimum Gasteiger partial charge on any atom is -0.502 e. The van der Waals surface area contributed by atoms with E-state index in [2.05, 4.69) is 31.2 Å². The number of hydrogen-bond donors (Lipinski definition) is 2. The van der Waals surface area contributed by atoms with E-state index in [9.17, 15) is 5.11 Å². The van der Waals surface area contributed by atoms with Gasteiger partial charge in [0.1, 0.15) is 0 Å². The van der Waals surface area contributed by atoms with Gasteiger partial charge in [0, 0.05) is 19.1 Å². The first-order valence-electron chi connectivity index (χ1n) is 6.30. The maximum atomic E-state index is 9.82. The van der Waals surface area contributed by atoms with Crippen LogP contribution in [-0.2, 0) is 6.54 Å². The van der Waals surface area contributed by atoms with Gasteiger partial charge in [-0.3, -0.25) is 0 Å². The summed E-state index contributed by atoms with van der Waals surface area (Å²) in [7, 11) is 7.16. The fraction of sp³-hybridized carbons (Fsp3) is 0.571. The van der Waals surface area contributed by atoms with E-state index in [1.54, 1.807) is 0 Å². The highest BCUT2D eigenvalue weighted by molar-refractivity contribution is 5.52. The Balaban J connectivity index is 2.68. The molecule has 1 aromatic rings. The number of nitrogens with one attached hydrogen (secondary N) is 1. The molecule has 0 spiro atoms. The molecule has 0 fully saturated rings. The monoisotopic (exact) mass is 268 g/mol. The highest BCUT2D eigenvalue weighted by atomic mass is 16.5. The number of hydrogen-bond acceptors (Lipinski definition) is 5. The summed E-state index contributed by atoms with van der Waals surface area (Å²) in [6, 6.07) is 4.08. The van der Waals surface area contributed by atoms with Crippen LogP contribution in [0.5, 0.6) is 17.2 Å². The Morgan fingerprint density at radius 2 is 1.74 bits per heavy atom. The molecule has 5 heteroatoms. The van der Waals surface area contributed by atoms with Gasteiger partial charge in [0.25, 0.3) is 0 Å². The molecule has 0 heterocycles. The van der Waals surface area contributed by atoms with Crippen LogP contribution in [0.3, 0.4) is 0 Å². The standard InChI is InChI=1S/C14H24N2O3/c1-10(16(2)3)8-15-9-11-6-12(18-4)14(17)13(7-11)19-5/h6-7,10,15,17H,8-9H2,1-5H3. The molecule has 0 aromatic heterocycles. The van der Waals surface area contributed by atoms with Crippen LogP contribution >= 0.6 is 0 Å². The average Bonchev–Trinajstić information content (AvgIpc) is 2.39. The Morgan fingerprint density at radius 1 is 1.21 bits per heavy atom. The van der Waals surface area contributed by atoms with Gasteiger partial charge in [-0.25, -0.2) is 0 Å². The summed E-state index contributed by atoms with van der Waals surface area (Å²) >= 11 is 0. The van der Waals surface area contributed by atoms with Crippen molar-refractivity contribution in [3.63, 3.8) is 0 Å². The fourth-order valence-electron chi connectivity index (χ4n) is 1.66. The molecule has 0 amide bonds. The lowest BCUT2D eigenvalue weighted by Gasteiger charge is -2.20. The van der Waals surface area contributed by atoms with Gasteiger partial charge in [-0.1, -0.05) is 0 Å². The minimum atomic E-state index is 0.0374. The minimum absolute atomic E-state index is 0.0374. The molecule has 1 unspecified atom stereocenters. The third kappa shape index (κ3) is 4.29.